The van der Waals surface area contributed by atoms with E-state index in [-0.39, 0.29) is 24.0 Å². The van der Waals surface area contributed by atoms with Gasteiger partial charge < -0.3 is 20.3 Å². The number of hydrogen-bond donors (Lipinski definition) is 2. The first-order valence-corrected chi connectivity index (χ1v) is 11.3. The number of aliphatic imine (C=N–C) groups is 1. The zero-order valence-electron chi connectivity index (χ0n) is 18.9. The molecule has 7 heteroatoms. The molecule has 2 saturated heterocycles. The van der Waals surface area contributed by atoms with Crippen LogP contribution >= 0.6 is 24.0 Å². The van der Waals surface area contributed by atoms with Crippen LogP contribution in [0.3, 0.4) is 0 Å². The summed E-state index contributed by atoms with van der Waals surface area (Å²) >= 11 is 0. The van der Waals surface area contributed by atoms with Gasteiger partial charge in [-0.05, 0) is 69.1 Å². The number of hydrogen-bond acceptors (Lipinski definition) is 4. The number of methoxy groups -OCH3 is 1. The first kappa shape index (κ1) is 25.2. The molecule has 0 bridgehead atoms. The number of nitrogens with one attached hydrogen (secondary N) is 2. The van der Waals surface area contributed by atoms with Gasteiger partial charge in [0.15, 0.2) is 5.96 Å². The van der Waals surface area contributed by atoms with Crippen LogP contribution in [0.15, 0.2) is 29.3 Å². The minimum atomic E-state index is 0. The second-order valence-electron chi connectivity index (χ2n) is 8.27. The Morgan fingerprint density at radius 3 is 2.47 bits per heavy atom. The fourth-order valence-corrected chi connectivity index (χ4v) is 4.54. The predicted octanol–water partition coefficient (Wildman–Crippen LogP) is 3.35. The number of likely N-dealkylation sites (tertiary alicyclic amines) is 2. The van der Waals surface area contributed by atoms with Crippen molar-refractivity contribution in [1.29, 1.82) is 0 Å². The summed E-state index contributed by atoms with van der Waals surface area (Å²) in [5.74, 6) is 2.54. The Labute approximate surface area is 199 Å². The van der Waals surface area contributed by atoms with Crippen LogP contribution in [-0.2, 0) is 0 Å². The van der Waals surface area contributed by atoms with Crippen LogP contribution < -0.4 is 15.4 Å². The Morgan fingerprint density at radius 1 is 1.13 bits per heavy atom. The van der Waals surface area contributed by atoms with E-state index in [0.29, 0.717) is 12.0 Å². The van der Waals surface area contributed by atoms with Crippen molar-refractivity contribution in [1.82, 2.24) is 20.4 Å². The molecule has 0 amide bonds. The van der Waals surface area contributed by atoms with Gasteiger partial charge in [0.2, 0.25) is 0 Å². The molecule has 2 fully saturated rings. The van der Waals surface area contributed by atoms with Gasteiger partial charge in [-0.2, -0.15) is 0 Å². The van der Waals surface area contributed by atoms with Crippen LogP contribution in [0.25, 0.3) is 0 Å². The normalized spacial score (nSPS) is 21.7. The minimum absolute atomic E-state index is 0. The summed E-state index contributed by atoms with van der Waals surface area (Å²) in [7, 11) is 3.59. The highest BCUT2D eigenvalue weighted by atomic mass is 127. The highest BCUT2D eigenvalue weighted by Crippen LogP contribution is 2.26. The van der Waals surface area contributed by atoms with Crippen molar-refractivity contribution in [2.24, 2.45) is 10.9 Å². The summed E-state index contributed by atoms with van der Waals surface area (Å²) in [6, 6.07) is 8.89. The molecule has 0 aromatic heterocycles. The van der Waals surface area contributed by atoms with Crippen molar-refractivity contribution in [2.75, 3.05) is 60.0 Å². The van der Waals surface area contributed by atoms with Crippen LogP contribution in [0.5, 0.6) is 5.75 Å². The summed E-state index contributed by atoms with van der Waals surface area (Å²) in [5.41, 5.74) is 1.34. The summed E-state index contributed by atoms with van der Waals surface area (Å²) in [6.45, 7) is 10.0. The van der Waals surface area contributed by atoms with Crippen molar-refractivity contribution in [2.45, 2.75) is 38.6 Å². The predicted molar refractivity (Wildman–Crippen MR) is 136 cm³/mol. The number of guanidine groups is 1. The van der Waals surface area contributed by atoms with Crippen molar-refractivity contribution < 1.29 is 4.74 Å². The van der Waals surface area contributed by atoms with E-state index in [1.165, 1.54) is 57.4 Å². The lowest BCUT2D eigenvalue weighted by Gasteiger charge is -2.35. The lowest BCUT2D eigenvalue weighted by molar-refractivity contribution is 0.164. The number of rotatable bonds is 8. The molecule has 1 aromatic rings. The van der Waals surface area contributed by atoms with Crippen molar-refractivity contribution in [3.05, 3.63) is 29.8 Å². The van der Waals surface area contributed by atoms with E-state index in [1.54, 1.807) is 7.11 Å². The lowest BCUT2D eigenvalue weighted by Crippen LogP contribution is -2.45. The molecule has 170 valence electrons. The number of nitrogens with zero attached hydrogens (tertiary/aromatic N) is 3. The first-order valence-electron chi connectivity index (χ1n) is 11.3. The van der Waals surface area contributed by atoms with E-state index < -0.39 is 0 Å². The maximum atomic E-state index is 5.34. The topological polar surface area (TPSA) is 52.1 Å². The van der Waals surface area contributed by atoms with Crippen LogP contribution in [0.2, 0.25) is 0 Å². The maximum Gasteiger partial charge on any atom is 0.191 e. The quantitative estimate of drug-likeness (QED) is 0.308. The molecule has 1 aromatic carbocycles. The van der Waals surface area contributed by atoms with Crippen LogP contribution in [0.1, 0.15) is 44.2 Å². The van der Waals surface area contributed by atoms with E-state index in [4.69, 9.17) is 4.74 Å². The summed E-state index contributed by atoms with van der Waals surface area (Å²) in [6.07, 6.45) is 5.20. The third-order valence-corrected chi connectivity index (χ3v) is 6.39. The standard InChI is InChI=1S/C23H39N5O.HI/c1-4-27-15-12-19(18-27)16-25-23(24-2)26-17-22(28-13-6-5-7-14-28)20-8-10-21(29-3)11-9-20;/h8-11,19,22H,4-7,12-18H2,1-3H3,(H2,24,25,26);1H. The molecular formula is C23H40IN5O. The number of piperidine rings is 1. The Bertz CT molecular complexity index is 633. The molecule has 0 radical (unpaired) electrons. The second-order valence-corrected chi connectivity index (χ2v) is 8.27. The van der Waals surface area contributed by atoms with Gasteiger partial charge in [0, 0.05) is 26.7 Å². The number of ether oxygens (including phenoxy) is 1. The minimum Gasteiger partial charge on any atom is -0.497 e. The lowest BCUT2D eigenvalue weighted by atomic mass is 10.0. The monoisotopic (exact) mass is 529 g/mol. The van der Waals surface area contributed by atoms with E-state index in [0.717, 1.165) is 31.3 Å². The molecule has 0 saturated carbocycles. The summed E-state index contributed by atoms with van der Waals surface area (Å²) < 4.78 is 5.34. The van der Waals surface area contributed by atoms with E-state index in [1.807, 2.05) is 7.05 Å². The van der Waals surface area contributed by atoms with Crippen LogP contribution in [0.4, 0.5) is 0 Å². The highest BCUT2D eigenvalue weighted by molar-refractivity contribution is 14.0. The van der Waals surface area contributed by atoms with Crippen LogP contribution in [0, 0.1) is 5.92 Å². The molecule has 6 nitrogen and oxygen atoms in total. The maximum absolute atomic E-state index is 5.34. The smallest absolute Gasteiger partial charge is 0.191 e. The van der Waals surface area contributed by atoms with Crippen molar-refractivity contribution >= 4 is 29.9 Å². The largest absolute Gasteiger partial charge is 0.497 e. The highest BCUT2D eigenvalue weighted by Gasteiger charge is 2.24. The van der Waals surface area contributed by atoms with E-state index >= 15 is 0 Å². The molecular weight excluding hydrogens is 489 g/mol. The Morgan fingerprint density at radius 2 is 1.87 bits per heavy atom. The zero-order chi connectivity index (χ0) is 20.5. The average molecular weight is 530 g/mol. The van der Waals surface area contributed by atoms with Gasteiger partial charge in [-0.3, -0.25) is 9.89 Å². The van der Waals surface area contributed by atoms with Crippen molar-refractivity contribution in [3.63, 3.8) is 0 Å². The molecule has 3 rings (SSSR count). The number of benzene rings is 1. The molecule has 0 aliphatic carbocycles. The molecule has 2 heterocycles. The Balaban J connectivity index is 0.00000320. The van der Waals surface area contributed by atoms with Gasteiger partial charge in [0.25, 0.3) is 0 Å². The summed E-state index contributed by atoms with van der Waals surface area (Å²) in [4.78, 5) is 9.61. The molecule has 0 spiro atoms. The second kappa shape index (κ2) is 13.4. The fourth-order valence-electron chi connectivity index (χ4n) is 4.54. The average Bonchev–Trinajstić information content (AvgIpc) is 3.25. The Kier molecular flexibility index (Phi) is 11.2. The van der Waals surface area contributed by atoms with Gasteiger partial charge in [0.1, 0.15) is 5.75 Å². The van der Waals surface area contributed by atoms with E-state index in [9.17, 15) is 0 Å². The third kappa shape index (κ3) is 7.27. The SMILES string of the molecule is CCN1CCC(CNC(=NC)NCC(c2ccc(OC)cc2)N2CCCCC2)C1.I. The molecule has 30 heavy (non-hydrogen) atoms. The zero-order valence-corrected chi connectivity index (χ0v) is 21.2. The van der Waals surface area contributed by atoms with Gasteiger partial charge in [0.05, 0.1) is 13.2 Å². The van der Waals surface area contributed by atoms with Crippen LogP contribution in [-0.4, -0.2) is 75.7 Å². The van der Waals surface area contributed by atoms with Crippen molar-refractivity contribution in [3.8, 4) is 5.75 Å². The summed E-state index contributed by atoms with van der Waals surface area (Å²) in [5, 5.41) is 7.15. The molecule has 2 N–H and O–H groups in total. The first-order chi connectivity index (χ1) is 14.2. The Hall–Kier alpha value is -1.06. The third-order valence-electron chi connectivity index (χ3n) is 6.39. The molecule has 2 aliphatic heterocycles. The van der Waals surface area contributed by atoms with Gasteiger partial charge >= 0.3 is 0 Å². The number of halogens is 1. The van der Waals surface area contributed by atoms with Gasteiger partial charge in [-0.15, -0.1) is 24.0 Å². The van der Waals surface area contributed by atoms with Gasteiger partial charge in [-0.1, -0.05) is 25.5 Å². The van der Waals surface area contributed by atoms with E-state index in [2.05, 4.69) is 56.6 Å². The molecule has 2 aliphatic rings. The van der Waals surface area contributed by atoms with Gasteiger partial charge in [-0.25, -0.2) is 0 Å². The molecule has 2 unspecified atom stereocenters. The molecule has 2 atom stereocenters. The fraction of sp³-hybridized carbons (Fsp3) is 0.696.